The van der Waals surface area contributed by atoms with E-state index in [1.165, 1.54) is 13.1 Å². The van der Waals surface area contributed by atoms with E-state index in [1.54, 1.807) is 6.20 Å². The smallest absolute Gasteiger partial charge is 0.0843 e. The molecule has 0 radical (unpaired) electrons. The molecule has 86 valence electrons. The van der Waals surface area contributed by atoms with Crippen LogP contribution in [0.5, 0.6) is 0 Å². The normalized spacial score (nSPS) is 37.6. The number of aliphatic hydroxyl groups is 1. The monoisotopic (exact) mass is 218 g/mol. The summed E-state index contributed by atoms with van der Waals surface area (Å²) >= 11 is 0. The molecule has 0 aliphatic carbocycles. The minimum absolute atomic E-state index is 0.484. The van der Waals surface area contributed by atoms with E-state index in [-0.39, 0.29) is 0 Å². The van der Waals surface area contributed by atoms with Crippen molar-refractivity contribution in [1.82, 2.24) is 9.88 Å². The van der Waals surface area contributed by atoms with Gasteiger partial charge in [-0.15, -0.1) is 0 Å². The zero-order valence-corrected chi connectivity index (χ0v) is 9.47. The molecule has 0 spiro atoms. The maximum absolute atomic E-state index is 10.7. The van der Waals surface area contributed by atoms with E-state index >= 15 is 0 Å². The Kier molecular flexibility index (Phi) is 2.45. The first kappa shape index (κ1) is 10.2. The number of pyridine rings is 1. The molecule has 1 atom stereocenters. The number of aromatic nitrogens is 1. The van der Waals surface area contributed by atoms with Crippen molar-refractivity contribution in [1.29, 1.82) is 0 Å². The molecule has 3 heteroatoms. The predicted molar refractivity (Wildman–Crippen MR) is 62.1 cm³/mol. The highest BCUT2D eigenvalue weighted by atomic mass is 16.3. The first-order valence-corrected chi connectivity index (χ1v) is 6.10. The summed E-state index contributed by atoms with van der Waals surface area (Å²) in [5.74, 6) is 0.484. The first-order valence-electron chi connectivity index (χ1n) is 6.10. The first-order chi connectivity index (χ1) is 7.76. The molecule has 16 heavy (non-hydrogen) atoms. The standard InChI is InChI=1S/C13H18N2O/c16-13(8-11-2-1-5-14-9-11)10-15-6-3-12(13)4-7-15/h1-2,5,9,12,16H,3-4,6-8,10H2. The summed E-state index contributed by atoms with van der Waals surface area (Å²) in [4.78, 5) is 6.50. The summed E-state index contributed by atoms with van der Waals surface area (Å²) in [6, 6.07) is 4.00. The molecule has 3 nitrogen and oxygen atoms in total. The third-order valence-electron chi connectivity index (χ3n) is 4.08. The minimum atomic E-state index is -0.514. The Bertz CT molecular complexity index is 359. The molecule has 0 amide bonds. The van der Waals surface area contributed by atoms with Crippen LogP contribution in [-0.2, 0) is 6.42 Å². The molecule has 1 aromatic rings. The summed E-state index contributed by atoms with van der Waals surface area (Å²) in [7, 11) is 0. The van der Waals surface area contributed by atoms with Crippen molar-refractivity contribution >= 4 is 0 Å². The van der Waals surface area contributed by atoms with Gasteiger partial charge in [-0.05, 0) is 43.5 Å². The molecule has 0 saturated carbocycles. The number of rotatable bonds is 2. The molecule has 1 N–H and O–H groups in total. The summed E-state index contributed by atoms with van der Waals surface area (Å²) in [5, 5.41) is 10.7. The third kappa shape index (κ3) is 1.74. The van der Waals surface area contributed by atoms with Crippen LogP contribution in [0.25, 0.3) is 0 Å². The van der Waals surface area contributed by atoms with Crippen LogP contribution in [0.15, 0.2) is 24.5 Å². The highest BCUT2D eigenvalue weighted by Crippen LogP contribution is 2.37. The highest BCUT2D eigenvalue weighted by Gasteiger charge is 2.45. The van der Waals surface area contributed by atoms with Gasteiger partial charge in [0.05, 0.1) is 5.60 Å². The van der Waals surface area contributed by atoms with Gasteiger partial charge in [-0.25, -0.2) is 0 Å². The van der Waals surface area contributed by atoms with Gasteiger partial charge in [0.2, 0.25) is 0 Å². The number of nitrogens with zero attached hydrogens (tertiary/aromatic N) is 2. The van der Waals surface area contributed by atoms with E-state index in [1.807, 2.05) is 12.3 Å². The van der Waals surface area contributed by atoms with Crippen molar-refractivity contribution in [2.24, 2.45) is 5.92 Å². The molecule has 3 saturated heterocycles. The zero-order valence-electron chi connectivity index (χ0n) is 9.47. The summed E-state index contributed by atoms with van der Waals surface area (Å²) in [6.07, 6.45) is 6.70. The van der Waals surface area contributed by atoms with Gasteiger partial charge in [-0.2, -0.15) is 0 Å². The van der Waals surface area contributed by atoms with Crippen molar-refractivity contribution in [2.45, 2.75) is 24.9 Å². The fourth-order valence-electron chi connectivity index (χ4n) is 3.20. The quantitative estimate of drug-likeness (QED) is 0.807. The summed E-state index contributed by atoms with van der Waals surface area (Å²) < 4.78 is 0. The molecule has 1 unspecified atom stereocenters. The van der Waals surface area contributed by atoms with Crippen LogP contribution in [0.2, 0.25) is 0 Å². The number of piperidine rings is 3. The van der Waals surface area contributed by atoms with Crippen LogP contribution in [-0.4, -0.2) is 40.2 Å². The Hall–Kier alpha value is -0.930. The summed E-state index contributed by atoms with van der Waals surface area (Å²) in [6.45, 7) is 3.17. The van der Waals surface area contributed by atoms with Gasteiger partial charge in [0, 0.05) is 25.4 Å². The molecule has 1 aromatic heterocycles. The van der Waals surface area contributed by atoms with Crippen molar-refractivity contribution in [3.63, 3.8) is 0 Å². The molecular formula is C13H18N2O. The lowest BCUT2D eigenvalue weighted by Crippen LogP contribution is -2.60. The van der Waals surface area contributed by atoms with Crippen LogP contribution in [0.1, 0.15) is 18.4 Å². The van der Waals surface area contributed by atoms with Crippen LogP contribution in [0.4, 0.5) is 0 Å². The lowest BCUT2D eigenvalue weighted by Gasteiger charge is -2.50. The largest absolute Gasteiger partial charge is 0.388 e. The Morgan fingerprint density at radius 2 is 2.25 bits per heavy atom. The van der Waals surface area contributed by atoms with Crippen LogP contribution >= 0.6 is 0 Å². The minimum Gasteiger partial charge on any atom is -0.388 e. The molecular weight excluding hydrogens is 200 g/mol. The van der Waals surface area contributed by atoms with Crippen molar-refractivity contribution < 1.29 is 5.11 Å². The van der Waals surface area contributed by atoms with Crippen LogP contribution in [0.3, 0.4) is 0 Å². The number of hydrogen-bond donors (Lipinski definition) is 1. The topological polar surface area (TPSA) is 36.4 Å². The molecule has 2 bridgehead atoms. The Morgan fingerprint density at radius 3 is 2.81 bits per heavy atom. The van der Waals surface area contributed by atoms with Gasteiger partial charge in [0.25, 0.3) is 0 Å². The lowest BCUT2D eigenvalue weighted by atomic mass is 9.72. The second kappa shape index (κ2) is 3.82. The maximum atomic E-state index is 10.7. The fraction of sp³-hybridized carbons (Fsp3) is 0.615. The van der Waals surface area contributed by atoms with Crippen LogP contribution in [0, 0.1) is 5.92 Å². The molecule has 3 aliphatic heterocycles. The average Bonchev–Trinajstić information content (AvgIpc) is 2.31. The lowest BCUT2D eigenvalue weighted by molar-refractivity contribution is -0.110. The molecule has 0 aromatic carbocycles. The maximum Gasteiger partial charge on any atom is 0.0843 e. The van der Waals surface area contributed by atoms with Gasteiger partial charge in [-0.3, -0.25) is 4.98 Å². The highest BCUT2D eigenvalue weighted by molar-refractivity contribution is 5.14. The SMILES string of the molecule is OC1(Cc2cccnc2)CN2CCC1CC2. The van der Waals surface area contributed by atoms with Gasteiger partial charge in [0.15, 0.2) is 0 Å². The van der Waals surface area contributed by atoms with Crippen molar-refractivity contribution in [3.8, 4) is 0 Å². The number of hydrogen-bond acceptors (Lipinski definition) is 3. The van der Waals surface area contributed by atoms with Crippen molar-refractivity contribution in [2.75, 3.05) is 19.6 Å². The Labute approximate surface area is 96.1 Å². The molecule has 3 aliphatic rings. The van der Waals surface area contributed by atoms with Gasteiger partial charge >= 0.3 is 0 Å². The third-order valence-corrected chi connectivity index (χ3v) is 4.08. The average molecular weight is 218 g/mol. The number of fused-ring (bicyclic) bond motifs is 3. The van der Waals surface area contributed by atoms with E-state index in [2.05, 4.69) is 16.0 Å². The Morgan fingerprint density at radius 1 is 1.44 bits per heavy atom. The van der Waals surface area contributed by atoms with Gasteiger partial charge < -0.3 is 10.0 Å². The van der Waals surface area contributed by atoms with Gasteiger partial charge in [0.1, 0.15) is 0 Å². The molecule has 3 fully saturated rings. The van der Waals surface area contributed by atoms with E-state index in [4.69, 9.17) is 0 Å². The van der Waals surface area contributed by atoms with Crippen molar-refractivity contribution in [3.05, 3.63) is 30.1 Å². The van der Waals surface area contributed by atoms with E-state index in [0.717, 1.165) is 31.4 Å². The predicted octanol–water partition coefficient (Wildman–Crippen LogP) is 1.08. The Balaban J connectivity index is 1.79. The van der Waals surface area contributed by atoms with Gasteiger partial charge in [-0.1, -0.05) is 6.07 Å². The van der Waals surface area contributed by atoms with E-state index < -0.39 is 5.60 Å². The second-order valence-electron chi connectivity index (χ2n) is 5.19. The molecule has 4 heterocycles. The summed E-state index contributed by atoms with van der Waals surface area (Å²) in [5.41, 5.74) is 0.637. The zero-order chi connectivity index (χ0) is 11.0. The van der Waals surface area contributed by atoms with E-state index in [0.29, 0.717) is 5.92 Å². The second-order valence-corrected chi connectivity index (χ2v) is 5.19. The van der Waals surface area contributed by atoms with E-state index in [9.17, 15) is 5.11 Å². The van der Waals surface area contributed by atoms with Crippen LogP contribution < -0.4 is 0 Å². The molecule has 4 rings (SSSR count). The fourth-order valence-corrected chi connectivity index (χ4v) is 3.20.